The van der Waals surface area contributed by atoms with Gasteiger partial charge in [-0.3, -0.25) is 0 Å². The standard InChI is InChI=1S/C14H21ClN4O2/c1-9-7-11(18-12(15)16-9)17-10-5-6-19(8-10)13(20)21-14(2,3)4/h7,10H,5-6,8H2,1-4H3,(H,16,17,18). The van der Waals surface area contributed by atoms with Gasteiger partial charge in [0.15, 0.2) is 0 Å². The van der Waals surface area contributed by atoms with Crippen LogP contribution in [0.1, 0.15) is 32.9 Å². The molecule has 1 amide bonds. The molecule has 0 aliphatic carbocycles. The minimum atomic E-state index is -0.472. The average Bonchev–Trinajstić information content (AvgIpc) is 2.73. The maximum Gasteiger partial charge on any atom is 0.410 e. The van der Waals surface area contributed by atoms with E-state index in [9.17, 15) is 4.79 Å². The van der Waals surface area contributed by atoms with E-state index in [0.717, 1.165) is 12.1 Å². The lowest BCUT2D eigenvalue weighted by Crippen LogP contribution is -2.36. The van der Waals surface area contributed by atoms with Gasteiger partial charge in [0.2, 0.25) is 5.28 Å². The number of ether oxygens (including phenoxy) is 1. The topological polar surface area (TPSA) is 67.4 Å². The van der Waals surface area contributed by atoms with E-state index in [2.05, 4.69) is 15.3 Å². The number of hydrogen-bond acceptors (Lipinski definition) is 5. The fraction of sp³-hybridized carbons (Fsp3) is 0.643. The summed E-state index contributed by atoms with van der Waals surface area (Å²) in [5.41, 5.74) is 0.333. The van der Waals surface area contributed by atoms with E-state index in [-0.39, 0.29) is 17.4 Å². The first-order valence-corrected chi connectivity index (χ1v) is 7.36. The summed E-state index contributed by atoms with van der Waals surface area (Å²) >= 11 is 5.84. The second kappa shape index (κ2) is 6.05. The fourth-order valence-corrected chi connectivity index (χ4v) is 2.41. The van der Waals surface area contributed by atoms with Gasteiger partial charge < -0.3 is 15.0 Å². The number of aryl methyl sites for hydroxylation is 1. The Hall–Kier alpha value is -1.56. The molecule has 6 nitrogen and oxygen atoms in total. The normalized spacial score (nSPS) is 18.7. The Bertz CT molecular complexity index is 510. The molecule has 1 unspecified atom stereocenters. The Morgan fingerprint density at radius 1 is 1.48 bits per heavy atom. The quantitative estimate of drug-likeness (QED) is 0.851. The van der Waals surface area contributed by atoms with Crippen LogP contribution in [0.2, 0.25) is 5.28 Å². The maximum atomic E-state index is 12.0. The van der Waals surface area contributed by atoms with Crippen LogP contribution >= 0.6 is 11.6 Å². The highest BCUT2D eigenvalue weighted by Gasteiger charge is 2.29. The fourth-order valence-electron chi connectivity index (χ4n) is 2.19. The highest BCUT2D eigenvalue weighted by atomic mass is 35.5. The Morgan fingerprint density at radius 3 is 2.81 bits per heavy atom. The van der Waals surface area contributed by atoms with Crippen LogP contribution in [0.25, 0.3) is 0 Å². The molecule has 116 valence electrons. The molecule has 1 aromatic heterocycles. The van der Waals surface area contributed by atoms with E-state index in [1.54, 1.807) is 4.90 Å². The van der Waals surface area contributed by atoms with Crippen molar-refractivity contribution in [3.05, 3.63) is 17.0 Å². The Kier molecular flexibility index (Phi) is 4.56. The van der Waals surface area contributed by atoms with Gasteiger partial charge in [-0.15, -0.1) is 0 Å². The minimum Gasteiger partial charge on any atom is -0.444 e. The van der Waals surface area contributed by atoms with Crippen LogP contribution in [0, 0.1) is 6.92 Å². The number of carbonyl (C=O) groups is 1. The molecule has 0 aromatic carbocycles. The molecule has 7 heteroatoms. The van der Waals surface area contributed by atoms with Crippen LogP contribution in [-0.4, -0.2) is 45.7 Å². The van der Waals surface area contributed by atoms with E-state index in [0.29, 0.717) is 18.9 Å². The first-order valence-electron chi connectivity index (χ1n) is 6.98. The molecule has 2 heterocycles. The average molecular weight is 313 g/mol. The molecule has 2 rings (SSSR count). The van der Waals surface area contributed by atoms with Gasteiger partial charge in [0, 0.05) is 30.9 Å². The largest absolute Gasteiger partial charge is 0.444 e. The summed E-state index contributed by atoms with van der Waals surface area (Å²) in [5, 5.41) is 3.51. The number of anilines is 1. The van der Waals surface area contributed by atoms with Crippen LogP contribution in [0.5, 0.6) is 0 Å². The first kappa shape index (κ1) is 15.8. The van der Waals surface area contributed by atoms with Crippen molar-refractivity contribution in [2.24, 2.45) is 0 Å². The van der Waals surface area contributed by atoms with Crippen LogP contribution in [0.4, 0.5) is 10.6 Å². The summed E-state index contributed by atoms with van der Waals surface area (Å²) in [6, 6.07) is 1.98. The summed E-state index contributed by atoms with van der Waals surface area (Å²) in [5.74, 6) is 0.684. The summed E-state index contributed by atoms with van der Waals surface area (Å²) in [6.07, 6.45) is 0.573. The third-order valence-electron chi connectivity index (χ3n) is 3.02. The summed E-state index contributed by atoms with van der Waals surface area (Å²) in [4.78, 5) is 21.9. The van der Waals surface area contributed by atoms with Gasteiger partial charge in [0.05, 0.1) is 0 Å². The molecule has 1 saturated heterocycles. The number of rotatable bonds is 2. The highest BCUT2D eigenvalue weighted by Crippen LogP contribution is 2.19. The smallest absolute Gasteiger partial charge is 0.410 e. The molecule has 1 atom stereocenters. The monoisotopic (exact) mass is 312 g/mol. The van der Waals surface area contributed by atoms with E-state index >= 15 is 0 Å². The highest BCUT2D eigenvalue weighted by molar-refractivity contribution is 6.28. The number of aromatic nitrogens is 2. The molecular weight excluding hydrogens is 292 g/mol. The molecule has 1 aromatic rings. The second-order valence-electron chi connectivity index (χ2n) is 6.22. The number of nitrogens with zero attached hydrogens (tertiary/aromatic N) is 3. The van der Waals surface area contributed by atoms with Crippen LogP contribution < -0.4 is 5.32 Å². The lowest BCUT2D eigenvalue weighted by molar-refractivity contribution is 0.0293. The van der Waals surface area contributed by atoms with Crippen LogP contribution in [0.15, 0.2) is 6.07 Å². The SMILES string of the molecule is Cc1cc(NC2CCN(C(=O)OC(C)(C)C)C2)nc(Cl)n1. The molecule has 1 aliphatic heterocycles. The predicted molar refractivity (Wildman–Crippen MR) is 81.6 cm³/mol. The third-order valence-corrected chi connectivity index (χ3v) is 3.19. The van der Waals surface area contributed by atoms with Gasteiger partial charge in [-0.05, 0) is 45.7 Å². The minimum absolute atomic E-state index is 0.142. The van der Waals surface area contributed by atoms with Gasteiger partial charge in [0.25, 0.3) is 0 Å². The van der Waals surface area contributed by atoms with Crippen molar-refractivity contribution in [3.63, 3.8) is 0 Å². The van der Waals surface area contributed by atoms with Crippen molar-refractivity contribution < 1.29 is 9.53 Å². The van der Waals surface area contributed by atoms with Gasteiger partial charge in [-0.1, -0.05) is 0 Å². The Labute approximate surface area is 129 Å². The summed E-state index contributed by atoms with van der Waals surface area (Å²) in [6.45, 7) is 8.72. The first-order chi connectivity index (χ1) is 9.73. The lowest BCUT2D eigenvalue weighted by Gasteiger charge is -2.24. The maximum absolute atomic E-state index is 12.0. The Morgan fingerprint density at radius 2 is 2.19 bits per heavy atom. The third kappa shape index (κ3) is 4.74. The van der Waals surface area contributed by atoms with Crippen molar-refractivity contribution in [1.29, 1.82) is 0 Å². The molecule has 1 N–H and O–H groups in total. The molecule has 1 fully saturated rings. The van der Waals surface area contributed by atoms with Gasteiger partial charge in [0.1, 0.15) is 11.4 Å². The molecule has 0 spiro atoms. The number of nitrogens with one attached hydrogen (secondary N) is 1. The van der Waals surface area contributed by atoms with Crippen molar-refractivity contribution >= 4 is 23.5 Å². The molecule has 0 bridgehead atoms. The molecule has 1 aliphatic rings. The molecule has 0 saturated carbocycles. The molecule has 21 heavy (non-hydrogen) atoms. The molecular formula is C14H21ClN4O2. The second-order valence-corrected chi connectivity index (χ2v) is 6.56. The van der Waals surface area contributed by atoms with Gasteiger partial charge >= 0.3 is 6.09 Å². The van der Waals surface area contributed by atoms with E-state index in [1.165, 1.54) is 0 Å². The van der Waals surface area contributed by atoms with Crippen molar-refractivity contribution in [1.82, 2.24) is 14.9 Å². The zero-order valence-electron chi connectivity index (χ0n) is 12.8. The van der Waals surface area contributed by atoms with Crippen LogP contribution in [-0.2, 0) is 4.74 Å². The van der Waals surface area contributed by atoms with Crippen molar-refractivity contribution in [2.75, 3.05) is 18.4 Å². The van der Waals surface area contributed by atoms with Gasteiger partial charge in [-0.25, -0.2) is 14.8 Å². The van der Waals surface area contributed by atoms with E-state index in [1.807, 2.05) is 33.8 Å². The Balaban J connectivity index is 1.92. The number of carbonyl (C=O) groups excluding carboxylic acids is 1. The van der Waals surface area contributed by atoms with E-state index < -0.39 is 5.60 Å². The van der Waals surface area contributed by atoms with E-state index in [4.69, 9.17) is 16.3 Å². The number of likely N-dealkylation sites (tertiary alicyclic amines) is 1. The number of halogens is 1. The van der Waals surface area contributed by atoms with Crippen molar-refractivity contribution in [2.45, 2.75) is 45.8 Å². The zero-order chi connectivity index (χ0) is 15.6. The van der Waals surface area contributed by atoms with Crippen LogP contribution in [0.3, 0.4) is 0 Å². The number of amides is 1. The lowest BCUT2D eigenvalue weighted by atomic mass is 10.2. The summed E-state index contributed by atoms with van der Waals surface area (Å²) < 4.78 is 5.37. The predicted octanol–water partition coefficient (Wildman–Crippen LogP) is 2.86. The summed E-state index contributed by atoms with van der Waals surface area (Å²) in [7, 11) is 0. The zero-order valence-corrected chi connectivity index (χ0v) is 13.6. The number of hydrogen-bond donors (Lipinski definition) is 1. The molecule has 0 radical (unpaired) electrons. The van der Waals surface area contributed by atoms with Crippen molar-refractivity contribution in [3.8, 4) is 0 Å². The van der Waals surface area contributed by atoms with Gasteiger partial charge in [-0.2, -0.15) is 0 Å².